The molecule has 4 rings (SSSR count). The number of amides is 2. The van der Waals surface area contributed by atoms with E-state index in [1.807, 2.05) is 42.2 Å². The predicted molar refractivity (Wildman–Crippen MR) is 112 cm³/mol. The minimum Gasteiger partial charge on any atom is -0.338 e. The summed E-state index contributed by atoms with van der Waals surface area (Å²) >= 11 is 6.09. The third-order valence-corrected chi connectivity index (χ3v) is 5.12. The van der Waals surface area contributed by atoms with Crippen molar-refractivity contribution in [2.45, 2.75) is 26.3 Å². The maximum absolute atomic E-state index is 12.7. The van der Waals surface area contributed by atoms with Crippen LogP contribution in [-0.4, -0.2) is 33.0 Å². The van der Waals surface area contributed by atoms with Gasteiger partial charge in [-0.3, -0.25) is 9.59 Å². The van der Waals surface area contributed by atoms with Crippen molar-refractivity contribution in [3.8, 4) is 5.69 Å². The smallest absolute Gasteiger partial charge is 0.256 e. The lowest BCUT2D eigenvalue weighted by Gasteiger charge is -2.15. The summed E-state index contributed by atoms with van der Waals surface area (Å²) < 4.78 is 1.66. The fourth-order valence-corrected chi connectivity index (χ4v) is 3.62. The molecule has 1 saturated heterocycles. The van der Waals surface area contributed by atoms with Crippen LogP contribution >= 0.6 is 11.6 Å². The van der Waals surface area contributed by atoms with Crippen LogP contribution in [0.2, 0.25) is 5.02 Å². The van der Waals surface area contributed by atoms with Gasteiger partial charge in [0.1, 0.15) is 5.82 Å². The number of rotatable bonds is 5. The molecule has 1 fully saturated rings. The number of benzene rings is 2. The number of nitrogens with one attached hydrogen (secondary N) is 1. The molecule has 1 aromatic heterocycles. The maximum atomic E-state index is 12.7. The number of nitrogens with zero attached hydrogens (tertiary/aromatic N) is 3. The fourth-order valence-electron chi connectivity index (χ4n) is 3.43. The van der Waals surface area contributed by atoms with E-state index in [4.69, 9.17) is 11.6 Å². The first kappa shape index (κ1) is 19.2. The van der Waals surface area contributed by atoms with Gasteiger partial charge >= 0.3 is 0 Å². The van der Waals surface area contributed by atoms with Gasteiger partial charge in [0.2, 0.25) is 5.91 Å². The molecule has 0 unspecified atom stereocenters. The zero-order chi connectivity index (χ0) is 20.4. The molecule has 0 saturated carbocycles. The normalized spacial score (nSPS) is 13.7. The average Bonchev–Trinajstić information content (AvgIpc) is 3.27. The van der Waals surface area contributed by atoms with Crippen LogP contribution in [0.25, 0.3) is 5.69 Å². The quantitative estimate of drug-likeness (QED) is 0.687. The summed E-state index contributed by atoms with van der Waals surface area (Å²) in [5.74, 6) is 0.537. The van der Waals surface area contributed by atoms with Crippen molar-refractivity contribution in [3.63, 3.8) is 0 Å². The van der Waals surface area contributed by atoms with Gasteiger partial charge in [0.15, 0.2) is 0 Å². The van der Waals surface area contributed by atoms with Gasteiger partial charge in [-0.1, -0.05) is 29.8 Å². The van der Waals surface area contributed by atoms with Gasteiger partial charge in [-0.15, -0.1) is 0 Å². The molecule has 2 aromatic carbocycles. The predicted octanol–water partition coefficient (Wildman–Crippen LogP) is 4.21. The minimum absolute atomic E-state index is 0.191. The first-order chi connectivity index (χ1) is 14.0. The van der Waals surface area contributed by atoms with E-state index in [0.29, 0.717) is 29.4 Å². The first-order valence-corrected chi connectivity index (χ1v) is 9.88. The van der Waals surface area contributed by atoms with E-state index in [2.05, 4.69) is 10.4 Å². The van der Waals surface area contributed by atoms with Gasteiger partial charge in [0.05, 0.1) is 11.4 Å². The van der Waals surface area contributed by atoms with Crippen LogP contribution in [0.4, 0.5) is 5.82 Å². The summed E-state index contributed by atoms with van der Waals surface area (Å²) in [5.41, 5.74) is 3.10. The number of likely N-dealkylation sites (tertiary alicyclic amines) is 1. The molecule has 3 aromatic rings. The Morgan fingerprint density at radius 2 is 1.97 bits per heavy atom. The van der Waals surface area contributed by atoms with Crippen LogP contribution in [0.1, 0.15) is 34.5 Å². The molecule has 2 amide bonds. The Kier molecular flexibility index (Phi) is 5.36. The second-order valence-corrected chi connectivity index (χ2v) is 7.57. The van der Waals surface area contributed by atoms with Gasteiger partial charge in [0.25, 0.3) is 5.91 Å². The Hall–Kier alpha value is -3.12. The van der Waals surface area contributed by atoms with Gasteiger partial charge in [-0.2, -0.15) is 5.10 Å². The van der Waals surface area contributed by atoms with E-state index in [-0.39, 0.29) is 11.8 Å². The number of aromatic nitrogens is 2. The zero-order valence-electron chi connectivity index (χ0n) is 16.1. The number of anilines is 1. The summed E-state index contributed by atoms with van der Waals surface area (Å²) in [5, 5.41) is 7.97. The largest absolute Gasteiger partial charge is 0.338 e. The Bertz CT molecular complexity index is 1060. The van der Waals surface area contributed by atoms with Crippen LogP contribution < -0.4 is 5.32 Å². The molecule has 0 spiro atoms. The Balaban J connectivity index is 1.49. The second kappa shape index (κ2) is 8.09. The summed E-state index contributed by atoms with van der Waals surface area (Å²) in [7, 11) is 0. The molecular formula is C22H21ClN4O2. The fraction of sp³-hybridized carbons (Fsp3) is 0.227. The van der Waals surface area contributed by atoms with Crippen molar-refractivity contribution < 1.29 is 9.59 Å². The summed E-state index contributed by atoms with van der Waals surface area (Å²) in [4.78, 5) is 26.4. The molecule has 2 heterocycles. The Labute approximate surface area is 174 Å². The monoisotopic (exact) mass is 408 g/mol. The number of carbonyl (C=O) groups is 2. The van der Waals surface area contributed by atoms with E-state index < -0.39 is 0 Å². The minimum atomic E-state index is -0.225. The highest BCUT2D eigenvalue weighted by molar-refractivity contribution is 6.30. The van der Waals surface area contributed by atoms with Crippen molar-refractivity contribution in [1.82, 2.24) is 14.7 Å². The molecule has 1 N–H and O–H groups in total. The number of aryl methyl sites for hydroxylation is 1. The van der Waals surface area contributed by atoms with Gasteiger partial charge in [-0.05, 0) is 49.2 Å². The topological polar surface area (TPSA) is 67.2 Å². The number of hydrogen-bond acceptors (Lipinski definition) is 3. The van der Waals surface area contributed by atoms with Crippen molar-refractivity contribution in [2.24, 2.45) is 0 Å². The van der Waals surface area contributed by atoms with E-state index in [1.54, 1.807) is 28.9 Å². The molecule has 29 heavy (non-hydrogen) atoms. The van der Waals surface area contributed by atoms with Gasteiger partial charge < -0.3 is 10.2 Å². The van der Waals surface area contributed by atoms with Crippen molar-refractivity contribution in [2.75, 3.05) is 11.9 Å². The lowest BCUT2D eigenvalue weighted by atomic mass is 10.1. The average molecular weight is 409 g/mol. The van der Waals surface area contributed by atoms with E-state index in [0.717, 1.165) is 29.9 Å². The first-order valence-electron chi connectivity index (χ1n) is 9.50. The van der Waals surface area contributed by atoms with Crippen LogP contribution in [0.5, 0.6) is 0 Å². The third kappa shape index (κ3) is 4.32. The number of carbonyl (C=O) groups excluding carboxylic acids is 2. The molecule has 0 radical (unpaired) electrons. The van der Waals surface area contributed by atoms with E-state index >= 15 is 0 Å². The standard InChI is InChI=1S/C22H21ClN4O2/c1-15-12-20(27(25-15)19-5-2-4-18(23)13-19)24-22(29)17-9-7-16(8-10-17)14-26-11-3-6-21(26)28/h2,4-5,7-10,12-13H,3,6,11,14H2,1H3,(H,24,29). The molecule has 7 heteroatoms. The molecule has 0 aliphatic carbocycles. The highest BCUT2D eigenvalue weighted by Crippen LogP contribution is 2.21. The highest BCUT2D eigenvalue weighted by Gasteiger charge is 2.20. The second-order valence-electron chi connectivity index (χ2n) is 7.13. The van der Waals surface area contributed by atoms with Crippen molar-refractivity contribution in [1.29, 1.82) is 0 Å². The van der Waals surface area contributed by atoms with Crippen molar-refractivity contribution in [3.05, 3.63) is 76.4 Å². The SMILES string of the molecule is Cc1cc(NC(=O)c2ccc(CN3CCCC3=O)cc2)n(-c2cccc(Cl)c2)n1. The lowest BCUT2D eigenvalue weighted by Crippen LogP contribution is -2.23. The van der Waals surface area contributed by atoms with E-state index in [9.17, 15) is 9.59 Å². The van der Waals surface area contributed by atoms with Gasteiger partial charge in [0, 0.05) is 36.2 Å². The Morgan fingerprint density at radius 3 is 2.66 bits per heavy atom. The molecular weight excluding hydrogens is 388 g/mol. The van der Waals surface area contributed by atoms with Crippen LogP contribution in [0.3, 0.4) is 0 Å². The van der Waals surface area contributed by atoms with E-state index in [1.165, 1.54) is 0 Å². The lowest BCUT2D eigenvalue weighted by molar-refractivity contribution is -0.128. The number of hydrogen-bond donors (Lipinski definition) is 1. The van der Waals surface area contributed by atoms with Crippen LogP contribution in [0, 0.1) is 6.92 Å². The van der Waals surface area contributed by atoms with Gasteiger partial charge in [-0.25, -0.2) is 4.68 Å². The molecule has 6 nitrogen and oxygen atoms in total. The molecule has 0 atom stereocenters. The molecule has 1 aliphatic rings. The van der Waals surface area contributed by atoms with Crippen molar-refractivity contribution >= 4 is 29.2 Å². The highest BCUT2D eigenvalue weighted by atomic mass is 35.5. The zero-order valence-corrected chi connectivity index (χ0v) is 16.8. The summed E-state index contributed by atoms with van der Waals surface area (Å²) in [6.45, 7) is 3.25. The third-order valence-electron chi connectivity index (χ3n) is 4.89. The molecule has 1 aliphatic heterocycles. The van der Waals surface area contributed by atoms with Crippen LogP contribution in [0.15, 0.2) is 54.6 Å². The molecule has 148 valence electrons. The van der Waals surface area contributed by atoms with Crippen LogP contribution in [-0.2, 0) is 11.3 Å². The summed E-state index contributed by atoms with van der Waals surface area (Å²) in [6, 6.07) is 16.4. The number of halogens is 1. The maximum Gasteiger partial charge on any atom is 0.256 e. The molecule has 0 bridgehead atoms. The Morgan fingerprint density at radius 1 is 1.17 bits per heavy atom. The summed E-state index contributed by atoms with van der Waals surface area (Å²) in [6.07, 6.45) is 1.54.